The van der Waals surface area contributed by atoms with Gasteiger partial charge in [0.2, 0.25) is 0 Å². The molecule has 2 heterocycles. The molecule has 1 saturated heterocycles. The fourth-order valence-corrected chi connectivity index (χ4v) is 3.59. The van der Waals surface area contributed by atoms with Gasteiger partial charge in [-0.1, -0.05) is 24.3 Å². The van der Waals surface area contributed by atoms with Crippen LogP contribution >= 0.6 is 0 Å². The van der Waals surface area contributed by atoms with E-state index in [9.17, 15) is 19.5 Å². The van der Waals surface area contributed by atoms with Gasteiger partial charge in [0.1, 0.15) is 11.3 Å². The summed E-state index contributed by atoms with van der Waals surface area (Å²) in [5.74, 6) is -1.28. The first-order chi connectivity index (χ1) is 14.4. The van der Waals surface area contributed by atoms with Crippen LogP contribution in [0, 0.1) is 13.8 Å². The van der Waals surface area contributed by atoms with Crippen LogP contribution in [0.3, 0.4) is 0 Å². The minimum absolute atomic E-state index is 0.130. The molecule has 1 aromatic heterocycles. The number of aryl methyl sites for hydroxylation is 1. The van der Waals surface area contributed by atoms with Crippen molar-refractivity contribution in [3.63, 3.8) is 0 Å². The van der Waals surface area contributed by atoms with E-state index in [1.54, 1.807) is 48.5 Å². The van der Waals surface area contributed by atoms with E-state index in [0.29, 0.717) is 11.3 Å². The van der Waals surface area contributed by atoms with Crippen molar-refractivity contribution in [2.45, 2.75) is 13.8 Å². The number of rotatable bonds is 3. The standard InChI is InChI=1S/C23H19N3O4/c1-14-11-16(15(2)25(14)18-9-6-10-19(27)13-18)12-20-21(28)24-23(30)26(22(20)29)17-7-4-3-5-8-17/h3-13,27H,1-2H3,(H,24,28,30). The highest BCUT2D eigenvalue weighted by Crippen LogP contribution is 2.27. The molecule has 150 valence electrons. The first-order valence-corrected chi connectivity index (χ1v) is 9.31. The Morgan fingerprint density at radius 3 is 2.30 bits per heavy atom. The van der Waals surface area contributed by atoms with Crippen molar-refractivity contribution in [3.05, 3.63) is 83.2 Å². The van der Waals surface area contributed by atoms with E-state index >= 15 is 0 Å². The molecule has 0 aliphatic carbocycles. The maximum absolute atomic E-state index is 13.0. The number of aromatic hydroxyl groups is 1. The van der Waals surface area contributed by atoms with Gasteiger partial charge in [0, 0.05) is 23.1 Å². The second kappa shape index (κ2) is 7.36. The van der Waals surface area contributed by atoms with Crippen molar-refractivity contribution in [3.8, 4) is 11.4 Å². The molecule has 0 spiro atoms. The topological polar surface area (TPSA) is 91.6 Å². The summed E-state index contributed by atoms with van der Waals surface area (Å²) in [7, 11) is 0. The fourth-order valence-electron chi connectivity index (χ4n) is 3.59. The summed E-state index contributed by atoms with van der Waals surface area (Å²) in [6.45, 7) is 3.75. The molecule has 0 saturated carbocycles. The quantitative estimate of drug-likeness (QED) is 0.519. The van der Waals surface area contributed by atoms with E-state index in [2.05, 4.69) is 5.32 Å². The molecular formula is C23H19N3O4. The molecule has 0 atom stereocenters. The lowest BCUT2D eigenvalue weighted by molar-refractivity contribution is -0.122. The highest BCUT2D eigenvalue weighted by molar-refractivity contribution is 6.39. The average Bonchev–Trinajstić information content (AvgIpc) is 2.99. The summed E-state index contributed by atoms with van der Waals surface area (Å²) in [5.41, 5.74) is 3.32. The minimum atomic E-state index is -0.779. The predicted molar refractivity (Wildman–Crippen MR) is 112 cm³/mol. The third kappa shape index (κ3) is 3.26. The molecule has 2 aromatic carbocycles. The maximum atomic E-state index is 13.0. The van der Waals surface area contributed by atoms with Crippen LogP contribution in [-0.2, 0) is 9.59 Å². The van der Waals surface area contributed by atoms with Gasteiger partial charge in [-0.15, -0.1) is 0 Å². The van der Waals surface area contributed by atoms with Gasteiger partial charge < -0.3 is 9.67 Å². The van der Waals surface area contributed by atoms with Crippen LogP contribution in [0.2, 0.25) is 0 Å². The van der Waals surface area contributed by atoms with E-state index in [4.69, 9.17) is 0 Å². The summed E-state index contributed by atoms with van der Waals surface area (Å²) in [4.78, 5) is 38.7. The zero-order chi connectivity index (χ0) is 21.4. The van der Waals surface area contributed by atoms with Crippen molar-refractivity contribution >= 4 is 29.6 Å². The number of benzene rings is 2. The van der Waals surface area contributed by atoms with Crippen LogP contribution in [0.4, 0.5) is 10.5 Å². The molecule has 3 aromatic rings. The average molecular weight is 401 g/mol. The van der Waals surface area contributed by atoms with Gasteiger partial charge in [-0.3, -0.25) is 14.9 Å². The fraction of sp³-hybridized carbons (Fsp3) is 0.0870. The molecule has 4 rings (SSSR count). The molecule has 2 N–H and O–H groups in total. The van der Waals surface area contributed by atoms with E-state index in [1.807, 2.05) is 30.5 Å². The molecule has 0 bridgehead atoms. The largest absolute Gasteiger partial charge is 0.508 e. The second-order valence-electron chi connectivity index (χ2n) is 6.98. The van der Waals surface area contributed by atoms with Crippen molar-refractivity contribution < 1.29 is 19.5 Å². The van der Waals surface area contributed by atoms with E-state index in [0.717, 1.165) is 22.0 Å². The molecule has 0 radical (unpaired) electrons. The summed E-state index contributed by atoms with van der Waals surface area (Å²) < 4.78 is 1.91. The molecular weight excluding hydrogens is 382 g/mol. The Morgan fingerprint density at radius 2 is 1.60 bits per heavy atom. The molecule has 1 fully saturated rings. The summed E-state index contributed by atoms with van der Waals surface area (Å²) in [5, 5.41) is 12.0. The number of carbonyl (C=O) groups excluding carboxylic acids is 3. The predicted octanol–water partition coefficient (Wildman–Crippen LogP) is 3.47. The number of carbonyl (C=O) groups is 3. The number of urea groups is 1. The number of nitrogens with zero attached hydrogens (tertiary/aromatic N) is 2. The van der Waals surface area contributed by atoms with Gasteiger partial charge in [-0.25, -0.2) is 9.69 Å². The lowest BCUT2D eigenvalue weighted by Gasteiger charge is -2.26. The third-order valence-corrected chi connectivity index (χ3v) is 4.97. The van der Waals surface area contributed by atoms with Crippen LogP contribution < -0.4 is 10.2 Å². The number of barbiturate groups is 1. The number of imide groups is 2. The number of amides is 4. The minimum Gasteiger partial charge on any atom is -0.508 e. The lowest BCUT2D eigenvalue weighted by Crippen LogP contribution is -2.54. The van der Waals surface area contributed by atoms with Gasteiger partial charge in [-0.2, -0.15) is 0 Å². The Morgan fingerprint density at radius 1 is 0.900 bits per heavy atom. The first-order valence-electron chi connectivity index (χ1n) is 9.31. The Bertz CT molecular complexity index is 1210. The van der Waals surface area contributed by atoms with Gasteiger partial charge in [0.05, 0.1) is 5.69 Å². The maximum Gasteiger partial charge on any atom is 0.335 e. The molecule has 7 nitrogen and oxygen atoms in total. The monoisotopic (exact) mass is 401 g/mol. The number of aromatic nitrogens is 1. The number of phenols is 1. The van der Waals surface area contributed by atoms with Crippen LogP contribution in [0.1, 0.15) is 17.0 Å². The number of phenolic OH excluding ortho intramolecular Hbond substituents is 1. The number of nitrogens with one attached hydrogen (secondary N) is 1. The zero-order valence-corrected chi connectivity index (χ0v) is 16.4. The number of para-hydroxylation sites is 1. The first kappa shape index (κ1) is 19.2. The molecule has 4 amide bonds. The van der Waals surface area contributed by atoms with E-state index < -0.39 is 17.8 Å². The van der Waals surface area contributed by atoms with Crippen molar-refractivity contribution in [2.24, 2.45) is 0 Å². The Labute approximate surface area is 172 Å². The molecule has 0 unspecified atom stereocenters. The Hall–Kier alpha value is -4.13. The number of anilines is 1. The zero-order valence-electron chi connectivity index (χ0n) is 16.4. The second-order valence-corrected chi connectivity index (χ2v) is 6.98. The number of hydrogen-bond acceptors (Lipinski definition) is 4. The van der Waals surface area contributed by atoms with Gasteiger partial charge in [0.15, 0.2) is 0 Å². The van der Waals surface area contributed by atoms with E-state index in [-0.39, 0.29) is 11.3 Å². The van der Waals surface area contributed by atoms with Crippen molar-refractivity contribution in [2.75, 3.05) is 4.90 Å². The van der Waals surface area contributed by atoms with E-state index in [1.165, 1.54) is 6.08 Å². The van der Waals surface area contributed by atoms with Gasteiger partial charge in [-0.05, 0) is 55.8 Å². The molecule has 30 heavy (non-hydrogen) atoms. The third-order valence-electron chi connectivity index (χ3n) is 4.97. The normalized spacial score (nSPS) is 15.6. The highest BCUT2D eigenvalue weighted by Gasteiger charge is 2.36. The van der Waals surface area contributed by atoms with Crippen LogP contribution in [0.25, 0.3) is 11.8 Å². The molecule has 1 aliphatic heterocycles. The van der Waals surface area contributed by atoms with Crippen LogP contribution in [-0.4, -0.2) is 27.5 Å². The number of hydrogen-bond donors (Lipinski definition) is 2. The smallest absolute Gasteiger partial charge is 0.335 e. The SMILES string of the molecule is Cc1cc(C=C2C(=O)NC(=O)N(c3ccccc3)C2=O)c(C)n1-c1cccc(O)c1. The highest BCUT2D eigenvalue weighted by atomic mass is 16.3. The Balaban J connectivity index is 1.77. The van der Waals surface area contributed by atoms with Crippen molar-refractivity contribution in [1.82, 2.24) is 9.88 Å². The van der Waals surface area contributed by atoms with Crippen LogP contribution in [0.15, 0.2) is 66.2 Å². The van der Waals surface area contributed by atoms with Crippen molar-refractivity contribution in [1.29, 1.82) is 0 Å². The molecule has 1 aliphatic rings. The summed E-state index contributed by atoms with van der Waals surface area (Å²) >= 11 is 0. The van der Waals surface area contributed by atoms with Gasteiger partial charge in [0.25, 0.3) is 11.8 Å². The summed E-state index contributed by atoms with van der Waals surface area (Å²) in [6.07, 6.45) is 1.49. The lowest BCUT2D eigenvalue weighted by atomic mass is 10.1. The van der Waals surface area contributed by atoms with Crippen LogP contribution in [0.5, 0.6) is 5.75 Å². The molecule has 7 heteroatoms. The Kier molecular flexibility index (Phi) is 4.71. The summed E-state index contributed by atoms with van der Waals surface area (Å²) in [6, 6.07) is 16.3. The van der Waals surface area contributed by atoms with Gasteiger partial charge >= 0.3 is 6.03 Å².